The molecule has 0 aliphatic carbocycles. The average Bonchev–Trinajstić information content (AvgIpc) is 3.23. The quantitative estimate of drug-likeness (QED) is 0.198. The van der Waals surface area contributed by atoms with Crippen LogP contribution in [-0.4, -0.2) is 23.8 Å². The van der Waals surface area contributed by atoms with Gasteiger partial charge in [0.1, 0.15) is 0 Å². The van der Waals surface area contributed by atoms with Crippen molar-refractivity contribution in [3.8, 4) is 11.1 Å². The van der Waals surface area contributed by atoms with E-state index in [4.69, 9.17) is 4.65 Å². The maximum atomic E-state index is 10.5. The largest absolute Gasteiger partial charge is 0.427 e. The molecule has 6 aromatic rings. The predicted octanol–water partition coefficient (Wildman–Crippen LogP) is 7.84. The van der Waals surface area contributed by atoms with Crippen molar-refractivity contribution < 1.29 is 9.76 Å². The van der Waals surface area contributed by atoms with Gasteiger partial charge in [-0.15, -0.1) is 11.3 Å². The van der Waals surface area contributed by atoms with E-state index in [2.05, 4.69) is 91.0 Å². The van der Waals surface area contributed by atoms with Gasteiger partial charge in [-0.3, -0.25) is 0 Å². The van der Waals surface area contributed by atoms with Crippen molar-refractivity contribution in [2.75, 3.05) is 0 Å². The normalized spacial score (nSPS) is 12.7. The van der Waals surface area contributed by atoms with Gasteiger partial charge in [0.25, 0.3) is 0 Å². The Morgan fingerprint density at radius 1 is 0.694 bits per heavy atom. The van der Waals surface area contributed by atoms with Gasteiger partial charge in [0, 0.05) is 14.8 Å². The molecule has 0 bridgehead atoms. The van der Waals surface area contributed by atoms with Crippen LogP contribution >= 0.6 is 11.3 Å². The summed E-state index contributed by atoms with van der Waals surface area (Å²) in [5.41, 5.74) is 1.77. The summed E-state index contributed by atoms with van der Waals surface area (Å²) in [5, 5.41) is 18.0. The van der Waals surface area contributed by atoms with Crippen molar-refractivity contribution in [3.05, 3.63) is 91.0 Å². The number of fused-ring (bicyclic) bond motifs is 5. The molecule has 1 radical (unpaired) electrons. The second-order valence-electron chi connectivity index (χ2n) is 10.6. The monoisotopic (exact) mass is 487 g/mol. The van der Waals surface area contributed by atoms with Crippen molar-refractivity contribution >= 4 is 66.0 Å². The lowest BCUT2D eigenvalue weighted by molar-refractivity contribution is -0.0893. The van der Waals surface area contributed by atoms with Gasteiger partial charge >= 0.3 is 7.48 Å². The molecule has 0 aliphatic rings. The highest BCUT2D eigenvalue weighted by atomic mass is 32.1. The third kappa shape index (κ3) is 3.90. The molecule has 1 aromatic heterocycles. The zero-order valence-electron chi connectivity index (χ0n) is 21.0. The third-order valence-corrected chi connectivity index (χ3v) is 8.67. The Balaban J connectivity index is 1.50. The molecule has 0 saturated heterocycles. The number of aliphatic hydroxyl groups is 1. The van der Waals surface area contributed by atoms with Gasteiger partial charge in [0.15, 0.2) is 0 Å². The molecule has 1 N–H and O–H groups in total. The van der Waals surface area contributed by atoms with E-state index in [0.717, 1.165) is 5.46 Å². The number of hydrogen-bond acceptors (Lipinski definition) is 3. The zero-order valence-corrected chi connectivity index (χ0v) is 21.8. The van der Waals surface area contributed by atoms with Gasteiger partial charge in [-0.25, -0.2) is 0 Å². The molecular formula is C32H28BO2S. The molecule has 0 aliphatic heterocycles. The van der Waals surface area contributed by atoms with Crippen molar-refractivity contribution in [1.82, 2.24) is 0 Å². The lowest BCUT2D eigenvalue weighted by atomic mass is 9.80. The Morgan fingerprint density at radius 3 is 2.19 bits per heavy atom. The lowest BCUT2D eigenvalue weighted by Gasteiger charge is -2.37. The minimum absolute atomic E-state index is 0.724. The predicted molar refractivity (Wildman–Crippen MR) is 157 cm³/mol. The first kappa shape index (κ1) is 23.2. The molecule has 2 nitrogen and oxygen atoms in total. The molecule has 36 heavy (non-hydrogen) atoms. The van der Waals surface area contributed by atoms with E-state index in [1.54, 1.807) is 25.2 Å². The van der Waals surface area contributed by atoms with Gasteiger partial charge in [-0.1, -0.05) is 60.7 Å². The van der Waals surface area contributed by atoms with Crippen LogP contribution in [0.4, 0.5) is 0 Å². The summed E-state index contributed by atoms with van der Waals surface area (Å²) in [4.78, 5) is 0. The van der Waals surface area contributed by atoms with Crippen LogP contribution < -0.4 is 5.46 Å². The molecule has 0 atom stereocenters. The van der Waals surface area contributed by atoms with Crippen LogP contribution in [0.15, 0.2) is 91.0 Å². The van der Waals surface area contributed by atoms with Crippen molar-refractivity contribution in [1.29, 1.82) is 0 Å². The zero-order chi connectivity index (χ0) is 25.1. The van der Waals surface area contributed by atoms with Gasteiger partial charge in [-0.2, -0.15) is 0 Å². The highest BCUT2D eigenvalue weighted by Crippen LogP contribution is 2.38. The van der Waals surface area contributed by atoms with E-state index in [0.29, 0.717) is 0 Å². The van der Waals surface area contributed by atoms with E-state index in [9.17, 15) is 5.11 Å². The van der Waals surface area contributed by atoms with Crippen LogP contribution in [0.3, 0.4) is 0 Å². The fraction of sp³-hybridized carbons (Fsp3) is 0.188. The van der Waals surface area contributed by atoms with Crippen LogP contribution in [0.25, 0.3) is 52.8 Å². The molecule has 177 valence electrons. The molecular weight excluding hydrogens is 459 g/mol. The lowest BCUT2D eigenvalue weighted by Crippen LogP contribution is -2.49. The first-order valence-electron chi connectivity index (χ1n) is 12.3. The second kappa shape index (κ2) is 8.45. The molecule has 0 amide bonds. The van der Waals surface area contributed by atoms with E-state index in [-0.39, 0.29) is 0 Å². The van der Waals surface area contributed by atoms with Crippen molar-refractivity contribution in [3.63, 3.8) is 0 Å². The minimum Gasteiger partial charge on any atom is -0.427 e. The Hall–Kier alpha value is -3.18. The highest BCUT2D eigenvalue weighted by molar-refractivity contribution is 7.26. The average molecular weight is 487 g/mol. The maximum Gasteiger partial charge on any atom is 0.331 e. The molecule has 0 spiro atoms. The molecule has 6 rings (SSSR count). The fourth-order valence-electron chi connectivity index (χ4n) is 4.69. The van der Waals surface area contributed by atoms with Crippen LogP contribution in [-0.2, 0) is 4.65 Å². The van der Waals surface area contributed by atoms with Crippen LogP contribution in [0.2, 0.25) is 0 Å². The molecule has 0 fully saturated rings. The number of rotatable bonds is 5. The summed E-state index contributed by atoms with van der Waals surface area (Å²) < 4.78 is 8.63. The van der Waals surface area contributed by atoms with Gasteiger partial charge < -0.3 is 9.76 Å². The fourth-order valence-corrected chi connectivity index (χ4v) is 5.81. The van der Waals surface area contributed by atoms with Crippen LogP contribution in [0.5, 0.6) is 0 Å². The number of thiophene rings is 1. The molecule has 4 heteroatoms. The van der Waals surface area contributed by atoms with E-state index in [1.165, 1.54) is 52.8 Å². The summed E-state index contributed by atoms with van der Waals surface area (Å²) >= 11 is 1.80. The summed E-state index contributed by atoms with van der Waals surface area (Å²) in [6.45, 7) is 7.39. The SMILES string of the molecule is CC(C)(O)C(C)(C)O[B]c1cccc2sc3ccc(-c4cccc5cc6ccccc6cc45)cc3c12. The second-order valence-corrected chi connectivity index (χ2v) is 11.6. The van der Waals surface area contributed by atoms with Crippen molar-refractivity contribution in [2.24, 2.45) is 0 Å². The highest BCUT2D eigenvalue weighted by Gasteiger charge is 2.36. The third-order valence-electron chi connectivity index (χ3n) is 7.54. The molecule has 0 unspecified atom stereocenters. The Morgan fingerprint density at radius 2 is 1.42 bits per heavy atom. The Labute approximate surface area is 216 Å². The standard InChI is InChI=1S/C32H28BO2S/c1-31(2,34)32(3,4)35-33-27-13-8-14-29-30(27)26-19-23(15-16-28(26)36-29)24-12-7-11-22-17-20-9-5-6-10-21(20)18-25(22)24/h5-19,34H,1-4H3. The first-order valence-corrected chi connectivity index (χ1v) is 13.1. The topological polar surface area (TPSA) is 29.5 Å². The summed E-state index contributed by atoms with van der Waals surface area (Å²) in [7, 11) is 1.81. The minimum atomic E-state index is -0.972. The van der Waals surface area contributed by atoms with E-state index < -0.39 is 11.2 Å². The summed E-state index contributed by atoms with van der Waals surface area (Å²) in [6, 6.07) is 32.8. The molecule has 0 saturated carbocycles. The van der Waals surface area contributed by atoms with Gasteiger partial charge in [-0.05, 0) is 102 Å². The maximum absolute atomic E-state index is 10.5. The number of benzene rings is 5. The van der Waals surface area contributed by atoms with Gasteiger partial charge in [0.2, 0.25) is 0 Å². The van der Waals surface area contributed by atoms with E-state index in [1.807, 2.05) is 21.3 Å². The molecule has 5 aromatic carbocycles. The number of hydrogen-bond donors (Lipinski definition) is 1. The summed E-state index contributed by atoms with van der Waals surface area (Å²) in [6.07, 6.45) is 0. The first-order chi connectivity index (χ1) is 17.2. The Kier molecular flexibility index (Phi) is 5.45. The van der Waals surface area contributed by atoms with Crippen LogP contribution in [0.1, 0.15) is 27.7 Å². The smallest absolute Gasteiger partial charge is 0.331 e. The molecule has 1 heterocycles. The van der Waals surface area contributed by atoms with Crippen LogP contribution in [0, 0.1) is 0 Å². The van der Waals surface area contributed by atoms with E-state index >= 15 is 0 Å². The van der Waals surface area contributed by atoms with Gasteiger partial charge in [0.05, 0.1) is 11.2 Å². The Bertz CT molecular complexity index is 1760. The van der Waals surface area contributed by atoms with Crippen molar-refractivity contribution in [2.45, 2.75) is 38.9 Å². The summed E-state index contributed by atoms with van der Waals surface area (Å²) in [5.74, 6) is 0.